The maximum absolute atomic E-state index is 5.59. The van der Waals surface area contributed by atoms with Crippen molar-refractivity contribution in [3.8, 4) is 17.2 Å². The first-order valence-corrected chi connectivity index (χ1v) is 8.33. The van der Waals surface area contributed by atoms with Crippen LogP contribution in [0.25, 0.3) is 0 Å². The first kappa shape index (κ1) is 16.8. The molecule has 7 nitrogen and oxygen atoms in total. The Labute approximate surface area is 146 Å². The molecule has 0 radical (unpaired) electrons. The number of fused-ring (bicyclic) bond motifs is 1. The number of benzene rings is 1. The van der Waals surface area contributed by atoms with Crippen molar-refractivity contribution < 1.29 is 18.9 Å². The third kappa shape index (κ3) is 4.27. The van der Waals surface area contributed by atoms with E-state index in [2.05, 4.69) is 15.8 Å². The lowest BCUT2D eigenvalue weighted by Crippen LogP contribution is -2.37. The van der Waals surface area contributed by atoms with Crippen LogP contribution < -0.4 is 25.0 Å². The highest BCUT2D eigenvalue weighted by Crippen LogP contribution is 2.39. The van der Waals surface area contributed by atoms with E-state index in [1.165, 1.54) is 0 Å². The fourth-order valence-electron chi connectivity index (χ4n) is 2.58. The molecule has 2 heterocycles. The van der Waals surface area contributed by atoms with E-state index in [1.54, 1.807) is 13.3 Å². The molecular formula is C16H21N3O4S. The third-order valence-electron chi connectivity index (χ3n) is 3.74. The molecule has 0 spiro atoms. The summed E-state index contributed by atoms with van der Waals surface area (Å²) in [7, 11) is 1.59. The smallest absolute Gasteiger partial charge is 0.203 e. The zero-order chi connectivity index (χ0) is 16.8. The van der Waals surface area contributed by atoms with Crippen LogP contribution in [0.5, 0.6) is 17.2 Å². The molecule has 3 rings (SSSR count). The molecule has 8 heteroatoms. The molecule has 0 aromatic heterocycles. The van der Waals surface area contributed by atoms with Gasteiger partial charge in [-0.25, -0.2) is 0 Å². The average molecular weight is 351 g/mol. The average Bonchev–Trinajstić information content (AvgIpc) is 3.13. The lowest BCUT2D eigenvalue weighted by Gasteiger charge is -2.20. The molecule has 1 aromatic rings. The molecule has 1 fully saturated rings. The van der Waals surface area contributed by atoms with E-state index in [1.807, 2.05) is 12.1 Å². The highest BCUT2D eigenvalue weighted by Gasteiger charge is 2.18. The maximum atomic E-state index is 5.59. The Bertz CT molecular complexity index is 600. The summed E-state index contributed by atoms with van der Waals surface area (Å²) in [6.45, 7) is 2.56. The van der Waals surface area contributed by atoms with Gasteiger partial charge in [-0.2, -0.15) is 5.10 Å². The van der Waals surface area contributed by atoms with Crippen LogP contribution in [0.3, 0.4) is 0 Å². The summed E-state index contributed by atoms with van der Waals surface area (Å²) in [5.74, 6) is 1.90. The molecule has 0 bridgehead atoms. The standard InChI is InChI=1S/C16H21N3O4S/c1-20-13-7-11(8-14-15(13)23-6-5-22-14)9-18-19-16(24)17-10-12-3-2-4-21-12/h7-9,12H,2-6,10H2,1H3,(H2,17,19,24)/b18-9-/t12-/m0/s1. The normalized spacial score (nSPS) is 19.3. The largest absolute Gasteiger partial charge is 0.493 e. The van der Waals surface area contributed by atoms with Crippen molar-refractivity contribution in [3.05, 3.63) is 17.7 Å². The highest BCUT2D eigenvalue weighted by atomic mass is 32.1. The fraction of sp³-hybridized carbons (Fsp3) is 0.500. The fourth-order valence-corrected chi connectivity index (χ4v) is 2.72. The SMILES string of the molecule is COc1cc(/C=N\NC(=S)NC[C@@H]2CCCO2)cc2c1OCCO2. The second kappa shape index (κ2) is 8.16. The van der Waals surface area contributed by atoms with Gasteiger partial charge in [-0.3, -0.25) is 5.43 Å². The van der Waals surface area contributed by atoms with E-state index in [0.29, 0.717) is 42.1 Å². The van der Waals surface area contributed by atoms with Crippen molar-refractivity contribution in [2.24, 2.45) is 5.10 Å². The summed E-state index contributed by atoms with van der Waals surface area (Å²) in [4.78, 5) is 0. The van der Waals surface area contributed by atoms with Crippen LogP contribution in [0.4, 0.5) is 0 Å². The Morgan fingerprint density at radius 2 is 2.25 bits per heavy atom. The molecule has 130 valence electrons. The van der Waals surface area contributed by atoms with Gasteiger partial charge in [0.1, 0.15) is 13.2 Å². The van der Waals surface area contributed by atoms with Crippen LogP contribution >= 0.6 is 12.2 Å². The Morgan fingerprint density at radius 3 is 3.04 bits per heavy atom. The molecule has 2 aliphatic heterocycles. The van der Waals surface area contributed by atoms with Gasteiger partial charge in [-0.1, -0.05) is 0 Å². The molecule has 0 saturated carbocycles. The van der Waals surface area contributed by atoms with Gasteiger partial charge in [0.2, 0.25) is 5.75 Å². The molecule has 1 atom stereocenters. The highest BCUT2D eigenvalue weighted by molar-refractivity contribution is 7.80. The monoisotopic (exact) mass is 351 g/mol. The van der Waals surface area contributed by atoms with E-state index in [-0.39, 0.29) is 6.10 Å². The van der Waals surface area contributed by atoms with E-state index in [9.17, 15) is 0 Å². The maximum Gasteiger partial charge on any atom is 0.203 e. The molecule has 2 N–H and O–H groups in total. The van der Waals surface area contributed by atoms with Crippen LogP contribution in [0.2, 0.25) is 0 Å². The quantitative estimate of drug-likeness (QED) is 0.472. The third-order valence-corrected chi connectivity index (χ3v) is 3.98. The molecule has 24 heavy (non-hydrogen) atoms. The number of methoxy groups -OCH3 is 1. The number of nitrogens with zero attached hydrogens (tertiary/aromatic N) is 1. The summed E-state index contributed by atoms with van der Waals surface area (Å²) in [5.41, 5.74) is 3.62. The van der Waals surface area contributed by atoms with Crippen molar-refractivity contribution in [1.29, 1.82) is 0 Å². The number of nitrogens with one attached hydrogen (secondary N) is 2. The molecule has 0 aliphatic carbocycles. The second-order valence-corrected chi connectivity index (χ2v) is 5.87. The molecular weight excluding hydrogens is 330 g/mol. The number of hydrogen-bond donors (Lipinski definition) is 2. The number of hydrazone groups is 1. The number of thiocarbonyl (C=S) groups is 1. The zero-order valence-electron chi connectivity index (χ0n) is 13.5. The summed E-state index contributed by atoms with van der Waals surface area (Å²) in [5, 5.41) is 7.70. The van der Waals surface area contributed by atoms with E-state index in [0.717, 1.165) is 25.0 Å². The minimum absolute atomic E-state index is 0.232. The number of rotatable bonds is 5. The van der Waals surface area contributed by atoms with Crippen molar-refractivity contribution in [2.45, 2.75) is 18.9 Å². The summed E-state index contributed by atoms with van der Waals surface area (Å²) < 4.78 is 22.0. The first-order valence-electron chi connectivity index (χ1n) is 7.92. The predicted molar refractivity (Wildman–Crippen MR) is 94.3 cm³/mol. The predicted octanol–water partition coefficient (Wildman–Crippen LogP) is 1.44. The van der Waals surface area contributed by atoms with Gasteiger partial charge in [0.15, 0.2) is 16.6 Å². The Kier molecular flexibility index (Phi) is 5.71. The van der Waals surface area contributed by atoms with Crippen LogP contribution in [0.1, 0.15) is 18.4 Å². The molecule has 1 aromatic carbocycles. The second-order valence-electron chi connectivity index (χ2n) is 5.46. The van der Waals surface area contributed by atoms with Gasteiger partial charge in [0.25, 0.3) is 0 Å². The Morgan fingerprint density at radius 1 is 1.38 bits per heavy atom. The van der Waals surface area contributed by atoms with Crippen molar-refractivity contribution in [2.75, 3.05) is 33.5 Å². The Hall–Kier alpha value is -2.06. The van der Waals surface area contributed by atoms with Crippen LogP contribution in [-0.4, -0.2) is 50.9 Å². The van der Waals surface area contributed by atoms with Gasteiger partial charge in [0.05, 0.1) is 19.4 Å². The topological polar surface area (TPSA) is 73.3 Å². The molecule has 1 saturated heterocycles. The first-order chi connectivity index (χ1) is 11.8. The summed E-state index contributed by atoms with van der Waals surface area (Å²) >= 11 is 5.19. The van der Waals surface area contributed by atoms with E-state index >= 15 is 0 Å². The molecule has 0 amide bonds. The molecule has 2 aliphatic rings. The lowest BCUT2D eigenvalue weighted by molar-refractivity contribution is 0.114. The summed E-state index contributed by atoms with van der Waals surface area (Å²) in [6, 6.07) is 3.69. The van der Waals surface area contributed by atoms with E-state index < -0.39 is 0 Å². The van der Waals surface area contributed by atoms with Crippen molar-refractivity contribution >= 4 is 23.5 Å². The number of hydrogen-bond acceptors (Lipinski definition) is 6. The summed E-state index contributed by atoms with van der Waals surface area (Å²) in [6.07, 6.45) is 4.06. The van der Waals surface area contributed by atoms with Gasteiger partial charge >= 0.3 is 0 Å². The minimum Gasteiger partial charge on any atom is -0.493 e. The number of ether oxygens (including phenoxy) is 4. The van der Waals surface area contributed by atoms with Crippen LogP contribution in [-0.2, 0) is 4.74 Å². The Balaban J connectivity index is 1.54. The van der Waals surface area contributed by atoms with Gasteiger partial charge < -0.3 is 24.3 Å². The van der Waals surface area contributed by atoms with Crippen LogP contribution in [0.15, 0.2) is 17.2 Å². The minimum atomic E-state index is 0.232. The van der Waals surface area contributed by atoms with Gasteiger partial charge in [-0.05, 0) is 37.2 Å². The molecule has 0 unspecified atom stereocenters. The van der Waals surface area contributed by atoms with Gasteiger partial charge in [0, 0.05) is 18.7 Å². The van der Waals surface area contributed by atoms with Gasteiger partial charge in [-0.15, -0.1) is 0 Å². The van der Waals surface area contributed by atoms with Crippen molar-refractivity contribution in [1.82, 2.24) is 10.7 Å². The lowest BCUT2D eigenvalue weighted by atomic mass is 10.2. The van der Waals surface area contributed by atoms with Crippen molar-refractivity contribution in [3.63, 3.8) is 0 Å². The van der Waals surface area contributed by atoms with Crippen LogP contribution in [0, 0.1) is 0 Å². The zero-order valence-corrected chi connectivity index (χ0v) is 14.4. The van der Waals surface area contributed by atoms with E-state index in [4.69, 9.17) is 31.2 Å².